The molecule has 0 amide bonds. The molecule has 2 aliphatic carbocycles. The molecule has 1 heterocycles. The second-order valence-electron chi connectivity index (χ2n) is 11.0. The van der Waals surface area contributed by atoms with E-state index in [0.29, 0.717) is 11.3 Å². The van der Waals surface area contributed by atoms with Crippen molar-refractivity contribution in [1.29, 1.82) is 0 Å². The maximum absolute atomic E-state index is 2.46. The zero-order chi connectivity index (χ0) is 21.9. The second kappa shape index (κ2) is 7.33. The molecule has 3 aromatic rings. The summed E-state index contributed by atoms with van der Waals surface area (Å²) in [5.41, 5.74) is 14.9. The van der Waals surface area contributed by atoms with Crippen molar-refractivity contribution in [1.82, 2.24) is 0 Å². The zero-order valence-corrected chi connectivity index (χ0v) is 20.1. The molecule has 0 N–H and O–H groups in total. The van der Waals surface area contributed by atoms with Gasteiger partial charge in [0.25, 0.3) is 0 Å². The lowest BCUT2D eigenvalue weighted by molar-refractivity contribution is -0.661. The first kappa shape index (κ1) is 20.5. The SMILES string of the molecule is Cc1ccc2c(c1)-c1ccc(C)c(-c3cc(C)c(C4CCC(C)(C)CC4)c[n+]3C)c1C2. The van der Waals surface area contributed by atoms with Crippen LogP contribution in [0.25, 0.3) is 22.4 Å². The molecule has 31 heavy (non-hydrogen) atoms. The largest absolute Gasteiger partial charge is 0.213 e. The Bertz CT molecular complexity index is 1170. The first-order valence-electron chi connectivity index (χ1n) is 12.0. The summed E-state index contributed by atoms with van der Waals surface area (Å²) in [5.74, 6) is 0.711. The van der Waals surface area contributed by atoms with Gasteiger partial charge in [-0.15, -0.1) is 0 Å². The molecule has 5 rings (SSSR count). The van der Waals surface area contributed by atoms with Gasteiger partial charge in [0.15, 0.2) is 6.20 Å². The Kier molecular flexibility index (Phi) is 4.84. The van der Waals surface area contributed by atoms with Gasteiger partial charge in [-0.25, -0.2) is 4.57 Å². The Morgan fingerprint density at radius 2 is 1.61 bits per heavy atom. The highest BCUT2D eigenvalue weighted by Gasteiger charge is 2.31. The highest BCUT2D eigenvalue weighted by molar-refractivity contribution is 5.85. The van der Waals surface area contributed by atoms with Gasteiger partial charge in [-0.2, -0.15) is 0 Å². The fraction of sp³-hybridized carbons (Fsp3) is 0.433. The van der Waals surface area contributed by atoms with E-state index >= 15 is 0 Å². The van der Waals surface area contributed by atoms with E-state index in [1.165, 1.54) is 75.9 Å². The molecule has 0 bridgehead atoms. The molecule has 2 aromatic carbocycles. The van der Waals surface area contributed by atoms with Crippen LogP contribution in [0.5, 0.6) is 0 Å². The molecular weight excluding hydrogens is 374 g/mol. The predicted octanol–water partition coefficient (Wildman–Crippen LogP) is 7.36. The molecule has 2 aliphatic rings. The molecule has 0 atom stereocenters. The van der Waals surface area contributed by atoms with Gasteiger partial charge >= 0.3 is 0 Å². The quantitative estimate of drug-likeness (QED) is 0.304. The molecule has 1 aromatic heterocycles. The summed E-state index contributed by atoms with van der Waals surface area (Å²) in [6.45, 7) is 11.7. The van der Waals surface area contributed by atoms with Gasteiger partial charge in [-0.1, -0.05) is 49.7 Å². The maximum Gasteiger partial charge on any atom is 0.213 e. The van der Waals surface area contributed by atoms with Crippen molar-refractivity contribution in [3.05, 3.63) is 76.0 Å². The minimum Gasteiger partial charge on any atom is -0.201 e. The van der Waals surface area contributed by atoms with E-state index in [1.54, 1.807) is 5.56 Å². The van der Waals surface area contributed by atoms with Crippen LogP contribution in [0, 0.1) is 26.2 Å². The smallest absolute Gasteiger partial charge is 0.201 e. The summed E-state index contributed by atoms with van der Waals surface area (Å²) < 4.78 is 2.40. The standard InChI is InChI=1S/C30H36N/c1-19-7-9-23-17-26-24(25(23)15-19)10-8-20(2)29(26)28-16-21(3)27(18-31(28)6)22-11-13-30(4,5)14-12-22/h7-10,15-16,18,22H,11-14,17H2,1-6H3/q+1. The number of pyridine rings is 1. The van der Waals surface area contributed by atoms with Crippen molar-refractivity contribution in [2.24, 2.45) is 12.5 Å². The molecule has 0 aliphatic heterocycles. The number of nitrogens with zero attached hydrogens (tertiary/aromatic N) is 1. The number of rotatable bonds is 2. The number of fused-ring (bicyclic) bond motifs is 3. The van der Waals surface area contributed by atoms with E-state index < -0.39 is 0 Å². The molecule has 1 nitrogen and oxygen atoms in total. The Hall–Kier alpha value is -2.41. The highest BCUT2D eigenvalue weighted by Crippen LogP contribution is 2.45. The van der Waals surface area contributed by atoms with E-state index in [0.717, 1.165) is 6.42 Å². The third kappa shape index (κ3) is 3.53. The number of aromatic nitrogens is 1. The predicted molar refractivity (Wildman–Crippen MR) is 130 cm³/mol. The summed E-state index contributed by atoms with van der Waals surface area (Å²) in [4.78, 5) is 0. The summed E-state index contributed by atoms with van der Waals surface area (Å²) in [5, 5.41) is 0. The third-order valence-electron chi connectivity index (χ3n) is 8.00. The molecular formula is C30H36N+. The highest BCUT2D eigenvalue weighted by atomic mass is 14.9. The first-order chi connectivity index (χ1) is 14.7. The van der Waals surface area contributed by atoms with Crippen LogP contribution >= 0.6 is 0 Å². The van der Waals surface area contributed by atoms with Crippen LogP contribution in [0.15, 0.2) is 42.6 Å². The molecule has 0 radical (unpaired) electrons. The van der Waals surface area contributed by atoms with Crippen LogP contribution < -0.4 is 4.57 Å². The van der Waals surface area contributed by atoms with Gasteiger partial charge in [-0.3, -0.25) is 0 Å². The third-order valence-corrected chi connectivity index (χ3v) is 8.00. The average Bonchev–Trinajstić information content (AvgIpc) is 3.07. The van der Waals surface area contributed by atoms with Crippen molar-refractivity contribution < 1.29 is 4.57 Å². The van der Waals surface area contributed by atoms with Crippen LogP contribution in [-0.2, 0) is 13.5 Å². The lowest BCUT2D eigenvalue weighted by Gasteiger charge is -2.34. The van der Waals surface area contributed by atoms with Crippen LogP contribution in [0.1, 0.15) is 78.8 Å². The maximum atomic E-state index is 2.46. The molecule has 0 saturated heterocycles. The van der Waals surface area contributed by atoms with E-state index in [9.17, 15) is 0 Å². The molecule has 1 fully saturated rings. The zero-order valence-electron chi connectivity index (χ0n) is 20.1. The number of aryl methyl sites for hydroxylation is 4. The van der Waals surface area contributed by atoms with Crippen molar-refractivity contribution >= 4 is 0 Å². The Morgan fingerprint density at radius 1 is 0.871 bits per heavy atom. The molecule has 0 spiro atoms. The Morgan fingerprint density at radius 3 is 2.35 bits per heavy atom. The monoisotopic (exact) mass is 410 g/mol. The van der Waals surface area contributed by atoms with Crippen molar-refractivity contribution in [2.45, 2.75) is 72.6 Å². The van der Waals surface area contributed by atoms with Gasteiger partial charge < -0.3 is 0 Å². The summed E-state index contributed by atoms with van der Waals surface area (Å²) >= 11 is 0. The van der Waals surface area contributed by atoms with E-state index in [1.807, 2.05) is 0 Å². The van der Waals surface area contributed by atoms with Crippen LogP contribution in [-0.4, -0.2) is 0 Å². The Labute approximate surface area is 188 Å². The molecule has 160 valence electrons. The van der Waals surface area contributed by atoms with Crippen LogP contribution in [0.3, 0.4) is 0 Å². The fourth-order valence-corrected chi connectivity index (χ4v) is 6.00. The average molecular weight is 411 g/mol. The lowest BCUT2D eigenvalue weighted by atomic mass is 9.71. The van der Waals surface area contributed by atoms with E-state index in [-0.39, 0.29) is 0 Å². The summed E-state index contributed by atoms with van der Waals surface area (Å²) in [6, 6.07) is 14.1. The molecule has 1 heteroatoms. The van der Waals surface area contributed by atoms with Crippen LogP contribution in [0.4, 0.5) is 0 Å². The first-order valence-corrected chi connectivity index (χ1v) is 12.0. The van der Waals surface area contributed by atoms with Gasteiger partial charge in [0, 0.05) is 11.6 Å². The summed E-state index contributed by atoms with van der Waals surface area (Å²) in [7, 11) is 2.25. The Balaban J connectivity index is 1.58. The molecule has 0 unspecified atom stereocenters. The van der Waals surface area contributed by atoms with Gasteiger partial charge in [-0.05, 0) is 97.6 Å². The normalized spacial score (nSPS) is 17.5. The van der Waals surface area contributed by atoms with Crippen LogP contribution in [0.2, 0.25) is 0 Å². The fourth-order valence-electron chi connectivity index (χ4n) is 6.00. The van der Waals surface area contributed by atoms with Crippen molar-refractivity contribution in [3.63, 3.8) is 0 Å². The number of benzene rings is 2. The van der Waals surface area contributed by atoms with Crippen molar-refractivity contribution in [3.8, 4) is 22.4 Å². The number of hydrogen-bond donors (Lipinski definition) is 0. The molecule has 1 saturated carbocycles. The topological polar surface area (TPSA) is 3.88 Å². The lowest BCUT2D eigenvalue weighted by Crippen LogP contribution is -2.33. The van der Waals surface area contributed by atoms with E-state index in [4.69, 9.17) is 0 Å². The minimum atomic E-state index is 0.515. The van der Waals surface area contributed by atoms with Gasteiger partial charge in [0.2, 0.25) is 5.69 Å². The second-order valence-corrected chi connectivity index (χ2v) is 11.0. The summed E-state index contributed by atoms with van der Waals surface area (Å²) in [6.07, 6.45) is 8.81. The number of hydrogen-bond acceptors (Lipinski definition) is 0. The van der Waals surface area contributed by atoms with Crippen molar-refractivity contribution in [2.75, 3.05) is 0 Å². The minimum absolute atomic E-state index is 0.515. The van der Waals surface area contributed by atoms with E-state index in [2.05, 4.69) is 88.8 Å². The van der Waals surface area contributed by atoms with Gasteiger partial charge in [0.1, 0.15) is 7.05 Å². The van der Waals surface area contributed by atoms with Gasteiger partial charge in [0.05, 0.1) is 5.56 Å².